The van der Waals surface area contributed by atoms with Crippen LogP contribution in [0.3, 0.4) is 0 Å². The van der Waals surface area contributed by atoms with Gasteiger partial charge in [0.2, 0.25) is 0 Å². The van der Waals surface area contributed by atoms with E-state index in [0.29, 0.717) is 19.5 Å². The van der Waals surface area contributed by atoms with Gasteiger partial charge in [0.25, 0.3) is 0 Å². The number of aromatic nitrogens is 2. The largest absolute Gasteiger partial charge is 0.396 e. The van der Waals surface area contributed by atoms with Gasteiger partial charge in [0.1, 0.15) is 12.4 Å². The van der Waals surface area contributed by atoms with Gasteiger partial charge in [-0.2, -0.15) is 5.10 Å². The van der Waals surface area contributed by atoms with E-state index in [1.54, 1.807) is 0 Å². The number of aliphatic hydroxyl groups is 2. The van der Waals surface area contributed by atoms with Crippen LogP contribution in [0.5, 0.6) is 0 Å². The summed E-state index contributed by atoms with van der Waals surface area (Å²) in [5, 5.41) is 35.3. The number of nitro groups is 1. The fraction of sp³-hybridized carbons (Fsp3) is 0.667. The molecule has 0 amide bonds. The van der Waals surface area contributed by atoms with E-state index < -0.39 is 11.0 Å². The topological polar surface area (TPSA) is 113 Å². The number of hydrogen-bond donors (Lipinski definition) is 3. The summed E-state index contributed by atoms with van der Waals surface area (Å²) in [5.74, 6) is 0. The van der Waals surface area contributed by atoms with Gasteiger partial charge in [-0.05, 0) is 13.0 Å². The van der Waals surface area contributed by atoms with Gasteiger partial charge in [0.15, 0.2) is 0 Å². The number of rotatable bonds is 8. The molecule has 1 aromatic heterocycles. The van der Waals surface area contributed by atoms with Crippen molar-refractivity contribution in [1.82, 2.24) is 15.1 Å². The smallest absolute Gasteiger partial charge is 0.306 e. The molecule has 17 heavy (non-hydrogen) atoms. The van der Waals surface area contributed by atoms with E-state index in [-0.39, 0.29) is 18.8 Å². The minimum absolute atomic E-state index is 0.0922. The standard InChI is InChI=1S/C9H16N4O4/c14-3-1-2-10-5-9(15)7-12-6-8(4-11-12)13(16)17/h4,6,9-10,14-15H,1-3,5,7H2. The van der Waals surface area contributed by atoms with Gasteiger partial charge in [-0.3, -0.25) is 14.8 Å². The van der Waals surface area contributed by atoms with Gasteiger partial charge in [-0.25, -0.2) is 0 Å². The number of nitrogens with one attached hydrogen (secondary N) is 1. The first-order valence-electron chi connectivity index (χ1n) is 5.30. The Kier molecular flexibility index (Phi) is 5.53. The fourth-order valence-corrected chi connectivity index (χ4v) is 1.30. The Labute approximate surface area is 98.0 Å². The maximum absolute atomic E-state index is 10.4. The second-order valence-corrected chi connectivity index (χ2v) is 3.61. The molecule has 0 aliphatic carbocycles. The van der Waals surface area contributed by atoms with Gasteiger partial charge in [-0.15, -0.1) is 0 Å². The summed E-state index contributed by atoms with van der Waals surface area (Å²) in [6, 6.07) is 0. The lowest BCUT2D eigenvalue weighted by atomic mass is 10.3. The van der Waals surface area contributed by atoms with Crippen LogP contribution in [0.15, 0.2) is 12.4 Å². The molecular weight excluding hydrogens is 228 g/mol. The van der Waals surface area contributed by atoms with E-state index in [1.807, 2.05) is 0 Å². The van der Waals surface area contributed by atoms with Crippen molar-refractivity contribution in [2.24, 2.45) is 0 Å². The van der Waals surface area contributed by atoms with Crippen LogP contribution in [0, 0.1) is 10.1 Å². The van der Waals surface area contributed by atoms with Crippen molar-refractivity contribution in [2.45, 2.75) is 19.1 Å². The van der Waals surface area contributed by atoms with Gasteiger partial charge >= 0.3 is 5.69 Å². The average Bonchev–Trinajstić information content (AvgIpc) is 2.73. The maximum atomic E-state index is 10.4. The van der Waals surface area contributed by atoms with E-state index in [9.17, 15) is 15.2 Å². The van der Waals surface area contributed by atoms with Crippen molar-refractivity contribution in [3.05, 3.63) is 22.5 Å². The third kappa shape index (κ3) is 4.89. The molecule has 0 fully saturated rings. The Bertz CT molecular complexity index is 355. The van der Waals surface area contributed by atoms with Crippen LogP contribution in [0.4, 0.5) is 5.69 Å². The van der Waals surface area contributed by atoms with Crippen LogP contribution in [0.25, 0.3) is 0 Å². The molecule has 0 bridgehead atoms. The average molecular weight is 244 g/mol. The Balaban J connectivity index is 2.29. The SMILES string of the molecule is O=[N+]([O-])c1cnn(CC(O)CNCCCO)c1. The van der Waals surface area contributed by atoms with Crippen molar-refractivity contribution < 1.29 is 15.1 Å². The van der Waals surface area contributed by atoms with E-state index >= 15 is 0 Å². The van der Waals surface area contributed by atoms with Crippen LogP contribution in [-0.4, -0.2) is 50.7 Å². The number of hydrogen-bond acceptors (Lipinski definition) is 6. The van der Waals surface area contributed by atoms with Crippen LogP contribution in [0.1, 0.15) is 6.42 Å². The lowest BCUT2D eigenvalue weighted by Gasteiger charge is -2.11. The van der Waals surface area contributed by atoms with Crippen molar-refractivity contribution in [1.29, 1.82) is 0 Å². The summed E-state index contributed by atoms with van der Waals surface area (Å²) in [6.45, 7) is 1.27. The predicted molar refractivity (Wildman–Crippen MR) is 59.5 cm³/mol. The number of aliphatic hydroxyl groups excluding tert-OH is 2. The van der Waals surface area contributed by atoms with Crippen molar-refractivity contribution in [3.8, 4) is 0 Å². The molecule has 8 nitrogen and oxygen atoms in total. The first-order valence-corrected chi connectivity index (χ1v) is 5.30. The van der Waals surface area contributed by atoms with Crippen LogP contribution in [0.2, 0.25) is 0 Å². The van der Waals surface area contributed by atoms with Crippen molar-refractivity contribution >= 4 is 5.69 Å². The zero-order chi connectivity index (χ0) is 12.7. The van der Waals surface area contributed by atoms with Gasteiger partial charge in [-0.1, -0.05) is 0 Å². The molecule has 0 saturated heterocycles. The molecule has 8 heteroatoms. The summed E-state index contributed by atoms with van der Waals surface area (Å²) in [5.41, 5.74) is -0.0922. The second kappa shape index (κ2) is 6.94. The summed E-state index contributed by atoms with van der Waals surface area (Å²) in [7, 11) is 0. The molecule has 96 valence electrons. The lowest BCUT2D eigenvalue weighted by Crippen LogP contribution is -2.31. The first-order chi connectivity index (χ1) is 8.13. The van der Waals surface area contributed by atoms with Crippen molar-refractivity contribution in [2.75, 3.05) is 19.7 Å². The Hall–Kier alpha value is -1.51. The predicted octanol–water partition coefficient (Wildman–Crippen LogP) is -0.876. The molecule has 0 saturated carbocycles. The summed E-state index contributed by atoms with van der Waals surface area (Å²) >= 11 is 0. The minimum Gasteiger partial charge on any atom is -0.396 e. The van der Waals surface area contributed by atoms with Gasteiger partial charge in [0, 0.05) is 13.2 Å². The fourth-order valence-electron chi connectivity index (χ4n) is 1.30. The van der Waals surface area contributed by atoms with Crippen molar-refractivity contribution in [3.63, 3.8) is 0 Å². The van der Waals surface area contributed by atoms with Crippen LogP contribution >= 0.6 is 0 Å². The van der Waals surface area contributed by atoms with E-state index in [4.69, 9.17) is 5.11 Å². The molecule has 0 aliphatic rings. The summed E-state index contributed by atoms with van der Waals surface area (Å²) < 4.78 is 1.33. The zero-order valence-corrected chi connectivity index (χ0v) is 9.32. The molecule has 0 aliphatic heterocycles. The van der Waals surface area contributed by atoms with E-state index in [0.717, 1.165) is 6.20 Å². The Morgan fingerprint density at radius 1 is 1.65 bits per heavy atom. The molecule has 3 N–H and O–H groups in total. The molecule has 0 radical (unpaired) electrons. The molecule has 0 aromatic carbocycles. The third-order valence-corrected chi connectivity index (χ3v) is 2.12. The zero-order valence-electron chi connectivity index (χ0n) is 9.32. The highest BCUT2D eigenvalue weighted by atomic mass is 16.6. The molecule has 1 unspecified atom stereocenters. The highest BCUT2D eigenvalue weighted by Gasteiger charge is 2.11. The Morgan fingerprint density at radius 3 is 3.00 bits per heavy atom. The highest BCUT2D eigenvalue weighted by Crippen LogP contribution is 2.07. The van der Waals surface area contributed by atoms with Gasteiger partial charge in [0.05, 0.1) is 17.6 Å². The van der Waals surface area contributed by atoms with Crippen LogP contribution in [-0.2, 0) is 6.54 Å². The normalized spacial score (nSPS) is 12.6. The molecule has 1 rings (SSSR count). The van der Waals surface area contributed by atoms with Crippen LogP contribution < -0.4 is 5.32 Å². The maximum Gasteiger partial charge on any atom is 0.306 e. The van der Waals surface area contributed by atoms with E-state index in [1.165, 1.54) is 10.9 Å². The minimum atomic E-state index is -0.673. The third-order valence-electron chi connectivity index (χ3n) is 2.12. The molecule has 1 heterocycles. The monoisotopic (exact) mass is 244 g/mol. The highest BCUT2D eigenvalue weighted by molar-refractivity contribution is 5.20. The number of nitrogens with zero attached hydrogens (tertiary/aromatic N) is 3. The molecule has 1 atom stereocenters. The lowest BCUT2D eigenvalue weighted by molar-refractivity contribution is -0.385. The van der Waals surface area contributed by atoms with Gasteiger partial charge < -0.3 is 15.5 Å². The molecule has 1 aromatic rings. The molecular formula is C9H16N4O4. The quantitative estimate of drug-likeness (QED) is 0.311. The summed E-state index contributed by atoms with van der Waals surface area (Å²) in [4.78, 5) is 9.87. The second-order valence-electron chi connectivity index (χ2n) is 3.61. The van der Waals surface area contributed by atoms with E-state index in [2.05, 4.69) is 10.4 Å². The summed E-state index contributed by atoms with van der Waals surface area (Å²) in [6.07, 6.45) is 2.37. The Morgan fingerprint density at radius 2 is 2.41 bits per heavy atom. The molecule has 0 spiro atoms. The first kappa shape index (κ1) is 13.6.